The second-order valence-corrected chi connectivity index (χ2v) is 4.49. The SMILES string of the molecule is C=C(C)COCCNC(CN)c1ccc(C)nc1. The molecule has 1 unspecified atom stereocenters. The number of nitrogens with zero attached hydrogens (tertiary/aromatic N) is 1. The first-order valence-electron chi connectivity index (χ1n) is 6.21. The first-order valence-corrected chi connectivity index (χ1v) is 6.21. The summed E-state index contributed by atoms with van der Waals surface area (Å²) in [6, 6.07) is 4.19. The van der Waals surface area contributed by atoms with Crippen molar-refractivity contribution >= 4 is 0 Å². The van der Waals surface area contributed by atoms with Crippen LogP contribution in [-0.2, 0) is 4.74 Å². The lowest BCUT2D eigenvalue weighted by atomic mass is 10.1. The van der Waals surface area contributed by atoms with Gasteiger partial charge in [-0.25, -0.2) is 0 Å². The molecule has 0 spiro atoms. The standard InChI is InChI=1S/C14H23N3O/c1-11(2)10-18-7-6-16-14(8-15)13-5-4-12(3)17-9-13/h4-5,9,14,16H,1,6-8,10,15H2,2-3H3. The summed E-state index contributed by atoms with van der Waals surface area (Å²) in [7, 11) is 0. The molecule has 0 fully saturated rings. The van der Waals surface area contributed by atoms with E-state index in [9.17, 15) is 0 Å². The van der Waals surface area contributed by atoms with Crippen LogP contribution in [0, 0.1) is 6.92 Å². The predicted octanol–water partition coefficient (Wildman–Crippen LogP) is 1.57. The van der Waals surface area contributed by atoms with E-state index in [1.807, 2.05) is 26.1 Å². The fraction of sp³-hybridized carbons (Fsp3) is 0.500. The van der Waals surface area contributed by atoms with Gasteiger partial charge in [-0.05, 0) is 25.5 Å². The highest BCUT2D eigenvalue weighted by Gasteiger charge is 2.08. The van der Waals surface area contributed by atoms with Crippen LogP contribution in [0.5, 0.6) is 0 Å². The van der Waals surface area contributed by atoms with E-state index in [0.717, 1.165) is 23.4 Å². The molecule has 0 aliphatic carbocycles. The summed E-state index contributed by atoms with van der Waals surface area (Å²) in [6.07, 6.45) is 1.87. The van der Waals surface area contributed by atoms with Gasteiger partial charge in [0, 0.05) is 31.0 Å². The minimum atomic E-state index is 0.131. The van der Waals surface area contributed by atoms with Crippen molar-refractivity contribution < 1.29 is 4.74 Å². The number of ether oxygens (including phenoxy) is 1. The average Bonchev–Trinajstić information content (AvgIpc) is 2.35. The molecule has 0 aliphatic heterocycles. The zero-order valence-electron chi connectivity index (χ0n) is 11.3. The molecule has 0 saturated heterocycles. The maximum atomic E-state index is 5.76. The van der Waals surface area contributed by atoms with Crippen LogP contribution >= 0.6 is 0 Å². The van der Waals surface area contributed by atoms with E-state index in [0.29, 0.717) is 19.8 Å². The molecule has 1 atom stereocenters. The van der Waals surface area contributed by atoms with Crippen molar-refractivity contribution in [1.82, 2.24) is 10.3 Å². The second-order valence-electron chi connectivity index (χ2n) is 4.49. The van der Waals surface area contributed by atoms with Crippen molar-refractivity contribution in [2.75, 3.05) is 26.3 Å². The number of hydrogen-bond donors (Lipinski definition) is 2. The molecule has 1 aromatic heterocycles. The van der Waals surface area contributed by atoms with Crippen LogP contribution in [0.1, 0.15) is 24.2 Å². The van der Waals surface area contributed by atoms with Crippen molar-refractivity contribution in [2.45, 2.75) is 19.9 Å². The van der Waals surface area contributed by atoms with Crippen LogP contribution in [0.4, 0.5) is 0 Å². The molecule has 1 heterocycles. The Bertz CT molecular complexity index is 362. The van der Waals surface area contributed by atoms with Gasteiger partial charge in [-0.1, -0.05) is 18.2 Å². The van der Waals surface area contributed by atoms with E-state index >= 15 is 0 Å². The van der Waals surface area contributed by atoms with Crippen molar-refractivity contribution in [3.63, 3.8) is 0 Å². The lowest BCUT2D eigenvalue weighted by Crippen LogP contribution is -2.31. The lowest BCUT2D eigenvalue weighted by molar-refractivity contribution is 0.155. The number of aryl methyl sites for hydroxylation is 1. The van der Waals surface area contributed by atoms with E-state index in [1.54, 1.807) is 0 Å². The van der Waals surface area contributed by atoms with E-state index in [2.05, 4.69) is 22.9 Å². The highest BCUT2D eigenvalue weighted by molar-refractivity contribution is 5.17. The highest BCUT2D eigenvalue weighted by Crippen LogP contribution is 2.10. The summed E-state index contributed by atoms with van der Waals surface area (Å²) in [5, 5.41) is 3.36. The predicted molar refractivity (Wildman–Crippen MR) is 74.4 cm³/mol. The normalized spacial score (nSPS) is 12.4. The number of nitrogens with one attached hydrogen (secondary N) is 1. The Hall–Kier alpha value is -1.23. The third-order valence-electron chi connectivity index (χ3n) is 2.56. The van der Waals surface area contributed by atoms with Gasteiger partial charge in [0.1, 0.15) is 0 Å². The van der Waals surface area contributed by atoms with Crippen LogP contribution in [-0.4, -0.2) is 31.3 Å². The summed E-state index contributed by atoms with van der Waals surface area (Å²) in [4.78, 5) is 4.28. The maximum Gasteiger partial charge on any atom is 0.0672 e. The van der Waals surface area contributed by atoms with Crippen molar-refractivity contribution in [1.29, 1.82) is 0 Å². The summed E-state index contributed by atoms with van der Waals surface area (Å²) in [6.45, 7) is 10.3. The molecule has 0 radical (unpaired) electrons. The Balaban J connectivity index is 2.33. The Kier molecular flexibility index (Phi) is 6.57. The van der Waals surface area contributed by atoms with Gasteiger partial charge >= 0.3 is 0 Å². The molecular formula is C14H23N3O. The summed E-state index contributed by atoms with van der Waals surface area (Å²) >= 11 is 0. The fourth-order valence-electron chi connectivity index (χ4n) is 1.57. The molecule has 0 aromatic carbocycles. The first kappa shape index (κ1) is 14.8. The van der Waals surface area contributed by atoms with E-state index in [4.69, 9.17) is 10.5 Å². The number of rotatable bonds is 8. The van der Waals surface area contributed by atoms with Crippen LogP contribution < -0.4 is 11.1 Å². The lowest BCUT2D eigenvalue weighted by Gasteiger charge is -2.17. The van der Waals surface area contributed by atoms with Crippen LogP contribution in [0.2, 0.25) is 0 Å². The zero-order chi connectivity index (χ0) is 13.4. The van der Waals surface area contributed by atoms with Crippen molar-refractivity contribution in [2.24, 2.45) is 5.73 Å². The van der Waals surface area contributed by atoms with Gasteiger partial charge < -0.3 is 15.8 Å². The van der Waals surface area contributed by atoms with Gasteiger partial charge in [0.05, 0.1) is 13.2 Å². The van der Waals surface area contributed by atoms with E-state index < -0.39 is 0 Å². The molecule has 18 heavy (non-hydrogen) atoms. The number of aromatic nitrogens is 1. The number of nitrogens with two attached hydrogens (primary N) is 1. The van der Waals surface area contributed by atoms with Gasteiger partial charge in [-0.3, -0.25) is 4.98 Å². The molecule has 3 N–H and O–H groups in total. The molecule has 0 aliphatic rings. The fourth-order valence-corrected chi connectivity index (χ4v) is 1.57. The quantitative estimate of drug-likeness (QED) is 0.542. The number of pyridine rings is 1. The first-order chi connectivity index (χ1) is 8.63. The van der Waals surface area contributed by atoms with Crippen molar-refractivity contribution in [3.05, 3.63) is 41.7 Å². The molecule has 0 amide bonds. The van der Waals surface area contributed by atoms with Gasteiger partial charge in [0.25, 0.3) is 0 Å². The second kappa shape index (κ2) is 7.97. The van der Waals surface area contributed by atoms with E-state index in [1.165, 1.54) is 0 Å². The van der Waals surface area contributed by atoms with Gasteiger partial charge in [0.2, 0.25) is 0 Å². The monoisotopic (exact) mass is 249 g/mol. The molecular weight excluding hydrogens is 226 g/mol. The Morgan fingerprint density at radius 3 is 2.89 bits per heavy atom. The van der Waals surface area contributed by atoms with E-state index in [-0.39, 0.29) is 6.04 Å². The summed E-state index contributed by atoms with van der Waals surface area (Å²) < 4.78 is 5.43. The van der Waals surface area contributed by atoms with Crippen LogP contribution in [0.3, 0.4) is 0 Å². The molecule has 0 bridgehead atoms. The third-order valence-corrected chi connectivity index (χ3v) is 2.56. The maximum absolute atomic E-state index is 5.76. The topological polar surface area (TPSA) is 60.2 Å². The third kappa shape index (κ3) is 5.40. The number of hydrogen-bond acceptors (Lipinski definition) is 4. The molecule has 0 saturated carbocycles. The summed E-state index contributed by atoms with van der Waals surface area (Å²) in [5.74, 6) is 0. The molecule has 100 valence electrons. The van der Waals surface area contributed by atoms with Gasteiger partial charge in [-0.15, -0.1) is 0 Å². The smallest absolute Gasteiger partial charge is 0.0672 e. The van der Waals surface area contributed by atoms with Gasteiger partial charge in [0.15, 0.2) is 0 Å². The van der Waals surface area contributed by atoms with Crippen LogP contribution in [0.15, 0.2) is 30.5 Å². The van der Waals surface area contributed by atoms with Crippen LogP contribution in [0.25, 0.3) is 0 Å². The molecule has 1 rings (SSSR count). The minimum absolute atomic E-state index is 0.131. The molecule has 1 aromatic rings. The molecule has 4 nitrogen and oxygen atoms in total. The molecule has 4 heteroatoms. The van der Waals surface area contributed by atoms with Crippen molar-refractivity contribution in [3.8, 4) is 0 Å². The Morgan fingerprint density at radius 1 is 1.56 bits per heavy atom. The summed E-state index contributed by atoms with van der Waals surface area (Å²) in [5.41, 5.74) is 8.92. The average molecular weight is 249 g/mol. The largest absolute Gasteiger partial charge is 0.376 e. The zero-order valence-corrected chi connectivity index (χ0v) is 11.3. The Labute approximate surface area is 109 Å². The minimum Gasteiger partial charge on any atom is -0.376 e. The van der Waals surface area contributed by atoms with Gasteiger partial charge in [-0.2, -0.15) is 0 Å². The highest BCUT2D eigenvalue weighted by atomic mass is 16.5. The Morgan fingerprint density at radius 2 is 2.33 bits per heavy atom.